The van der Waals surface area contributed by atoms with Crippen molar-refractivity contribution in [3.05, 3.63) is 82.0 Å². The Hall–Kier alpha value is -3.94. The molecule has 1 heterocycles. The van der Waals surface area contributed by atoms with Crippen molar-refractivity contribution in [1.82, 2.24) is 9.97 Å². The van der Waals surface area contributed by atoms with Crippen LogP contribution in [-0.2, 0) is 5.41 Å². The smallest absolute Gasteiger partial charge is 0.322 e. The molecule has 1 aromatic heterocycles. The molecule has 0 bridgehead atoms. The summed E-state index contributed by atoms with van der Waals surface area (Å²) in [4.78, 5) is 44.2. The van der Waals surface area contributed by atoms with Gasteiger partial charge in [-0.15, -0.1) is 0 Å². The average molecular weight is 419 g/mol. The maximum Gasteiger partial charge on any atom is 0.323 e. The molecule has 0 aliphatic rings. The highest BCUT2D eigenvalue weighted by Crippen LogP contribution is 2.18. The van der Waals surface area contributed by atoms with Crippen LogP contribution >= 0.6 is 0 Å². The van der Waals surface area contributed by atoms with Crippen molar-refractivity contribution in [2.75, 3.05) is 16.0 Å². The van der Waals surface area contributed by atoms with Gasteiger partial charge in [-0.05, 0) is 43.3 Å². The van der Waals surface area contributed by atoms with Gasteiger partial charge in [0.25, 0.3) is 11.5 Å². The molecule has 3 rings (SSSR count). The normalized spacial score (nSPS) is 11.0. The van der Waals surface area contributed by atoms with Crippen molar-refractivity contribution in [2.24, 2.45) is 0 Å². The summed E-state index contributed by atoms with van der Waals surface area (Å²) in [5.41, 5.74) is 1.23. The Morgan fingerprint density at radius 1 is 0.839 bits per heavy atom. The second-order valence-corrected chi connectivity index (χ2v) is 8.10. The van der Waals surface area contributed by atoms with E-state index in [-0.39, 0.29) is 17.0 Å². The van der Waals surface area contributed by atoms with E-state index >= 15 is 0 Å². The molecule has 0 unspecified atom stereocenters. The van der Waals surface area contributed by atoms with Gasteiger partial charge in [0.1, 0.15) is 11.4 Å². The number of H-pyrrole nitrogens is 1. The van der Waals surface area contributed by atoms with Gasteiger partial charge in [0, 0.05) is 22.5 Å². The van der Waals surface area contributed by atoms with E-state index < -0.39 is 11.5 Å². The lowest BCUT2D eigenvalue weighted by molar-refractivity contribution is 0.102. The average Bonchev–Trinajstić information content (AvgIpc) is 2.69. The summed E-state index contributed by atoms with van der Waals surface area (Å²) in [6.07, 6.45) is 0. The Morgan fingerprint density at radius 2 is 1.35 bits per heavy atom. The maximum atomic E-state index is 12.6. The zero-order valence-electron chi connectivity index (χ0n) is 17.9. The van der Waals surface area contributed by atoms with Gasteiger partial charge in [-0.2, -0.15) is 0 Å². The lowest BCUT2D eigenvalue weighted by atomic mass is 9.95. The number of rotatable bonds is 4. The lowest BCUT2D eigenvalue weighted by Crippen LogP contribution is -2.30. The highest BCUT2D eigenvalue weighted by Gasteiger charge is 2.22. The molecule has 8 heteroatoms. The third-order valence-electron chi connectivity index (χ3n) is 4.47. The van der Waals surface area contributed by atoms with Crippen molar-refractivity contribution in [2.45, 2.75) is 33.1 Å². The topological polar surface area (TPSA) is 116 Å². The first kappa shape index (κ1) is 21.8. The van der Waals surface area contributed by atoms with Crippen LogP contribution in [0.1, 0.15) is 42.6 Å². The summed E-state index contributed by atoms with van der Waals surface area (Å²) in [6.45, 7) is 7.43. The Balaban J connectivity index is 1.66. The van der Waals surface area contributed by atoms with Crippen molar-refractivity contribution >= 4 is 29.0 Å². The number of anilines is 3. The number of carbonyl (C=O) groups is 2. The van der Waals surface area contributed by atoms with Gasteiger partial charge in [-0.1, -0.05) is 39.0 Å². The number of aromatic amines is 1. The molecule has 0 saturated carbocycles. The molecule has 3 aromatic rings. The Morgan fingerprint density at radius 3 is 1.87 bits per heavy atom. The molecule has 8 nitrogen and oxygen atoms in total. The van der Waals surface area contributed by atoms with Crippen LogP contribution in [0.4, 0.5) is 21.9 Å². The van der Waals surface area contributed by atoms with Crippen LogP contribution in [0, 0.1) is 6.92 Å². The molecule has 160 valence electrons. The van der Waals surface area contributed by atoms with E-state index in [1.54, 1.807) is 43.3 Å². The van der Waals surface area contributed by atoms with Gasteiger partial charge in [-0.3, -0.25) is 9.59 Å². The van der Waals surface area contributed by atoms with Gasteiger partial charge in [-0.25, -0.2) is 9.78 Å². The number of nitrogens with one attached hydrogen (secondary N) is 4. The monoisotopic (exact) mass is 419 g/mol. The number of urea groups is 1. The van der Waals surface area contributed by atoms with E-state index in [2.05, 4.69) is 25.9 Å². The Labute approximate surface area is 180 Å². The van der Waals surface area contributed by atoms with E-state index in [0.29, 0.717) is 28.6 Å². The number of hydrogen-bond acceptors (Lipinski definition) is 4. The van der Waals surface area contributed by atoms with Crippen LogP contribution in [0.5, 0.6) is 0 Å². The summed E-state index contributed by atoms with van der Waals surface area (Å²) in [5.74, 6) is -0.0232. The van der Waals surface area contributed by atoms with Crippen LogP contribution in [0.15, 0.2) is 59.4 Å². The summed E-state index contributed by atoms with van der Waals surface area (Å²) in [5, 5.41) is 8.13. The first-order valence-corrected chi connectivity index (χ1v) is 9.79. The first-order chi connectivity index (χ1) is 14.6. The zero-order valence-corrected chi connectivity index (χ0v) is 17.9. The summed E-state index contributed by atoms with van der Waals surface area (Å²) >= 11 is 0. The standard InChI is InChI=1S/C23H25N5O3/c1-14-18(20(30)28-21(24-14)23(2,3)4)19(29)25-16-10-12-17(13-11-16)27-22(31)26-15-8-6-5-7-9-15/h5-13H,1-4H3,(H,25,29)(H,24,28,30)(H2,26,27,31). The van der Waals surface area contributed by atoms with E-state index in [9.17, 15) is 14.4 Å². The number of amides is 3. The minimum atomic E-state index is -0.547. The third-order valence-corrected chi connectivity index (χ3v) is 4.47. The van der Waals surface area contributed by atoms with Gasteiger partial charge in [0.2, 0.25) is 0 Å². The van der Waals surface area contributed by atoms with E-state index in [1.165, 1.54) is 0 Å². The molecule has 0 atom stereocenters. The van der Waals surface area contributed by atoms with E-state index in [1.807, 2.05) is 39.0 Å². The van der Waals surface area contributed by atoms with Crippen molar-refractivity contribution in [3.63, 3.8) is 0 Å². The third kappa shape index (κ3) is 5.57. The predicted molar refractivity (Wildman–Crippen MR) is 122 cm³/mol. The molecule has 0 radical (unpaired) electrons. The first-order valence-electron chi connectivity index (χ1n) is 9.79. The number of aryl methyl sites for hydroxylation is 1. The molecule has 0 spiro atoms. The zero-order chi connectivity index (χ0) is 22.6. The number of para-hydroxylation sites is 1. The molecule has 0 aliphatic carbocycles. The Kier molecular flexibility index (Phi) is 6.20. The molecule has 31 heavy (non-hydrogen) atoms. The Bertz CT molecular complexity index is 1150. The van der Waals surface area contributed by atoms with Crippen LogP contribution in [-0.4, -0.2) is 21.9 Å². The molecule has 0 fully saturated rings. The number of hydrogen-bond donors (Lipinski definition) is 4. The number of nitrogens with zero attached hydrogens (tertiary/aromatic N) is 1. The SMILES string of the molecule is Cc1nc(C(C)(C)C)[nH]c(=O)c1C(=O)Nc1ccc(NC(=O)Nc2ccccc2)cc1. The van der Waals surface area contributed by atoms with Gasteiger partial charge < -0.3 is 20.9 Å². The minimum absolute atomic E-state index is 0.0301. The summed E-state index contributed by atoms with van der Waals surface area (Å²) < 4.78 is 0. The van der Waals surface area contributed by atoms with Gasteiger partial charge in [0.05, 0.1) is 5.69 Å². The molecular weight excluding hydrogens is 394 g/mol. The minimum Gasteiger partial charge on any atom is -0.322 e. The highest BCUT2D eigenvalue weighted by atomic mass is 16.2. The van der Waals surface area contributed by atoms with E-state index in [4.69, 9.17) is 0 Å². The fourth-order valence-electron chi connectivity index (χ4n) is 2.85. The number of aromatic nitrogens is 2. The second kappa shape index (κ2) is 8.83. The van der Waals surface area contributed by atoms with Crippen molar-refractivity contribution in [1.29, 1.82) is 0 Å². The van der Waals surface area contributed by atoms with Crippen LogP contribution in [0.3, 0.4) is 0 Å². The maximum absolute atomic E-state index is 12.6. The highest BCUT2D eigenvalue weighted by molar-refractivity contribution is 6.05. The molecule has 0 saturated heterocycles. The fourth-order valence-corrected chi connectivity index (χ4v) is 2.85. The van der Waals surface area contributed by atoms with Gasteiger partial charge >= 0.3 is 6.03 Å². The largest absolute Gasteiger partial charge is 0.323 e. The predicted octanol–water partition coefficient (Wildman–Crippen LogP) is 4.27. The van der Waals surface area contributed by atoms with E-state index in [0.717, 1.165) is 0 Å². The van der Waals surface area contributed by atoms with Crippen LogP contribution < -0.4 is 21.5 Å². The van der Waals surface area contributed by atoms with Crippen molar-refractivity contribution in [3.8, 4) is 0 Å². The molecule has 2 aromatic carbocycles. The van der Waals surface area contributed by atoms with Crippen LogP contribution in [0.25, 0.3) is 0 Å². The number of carbonyl (C=O) groups excluding carboxylic acids is 2. The number of benzene rings is 2. The lowest BCUT2D eigenvalue weighted by Gasteiger charge is -2.18. The summed E-state index contributed by atoms with van der Waals surface area (Å²) in [6, 6.07) is 15.3. The molecular formula is C23H25N5O3. The molecule has 3 amide bonds. The van der Waals surface area contributed by atoms with Crippen LogP contribution in [0.2, 0.25) is 0 Å². The van der Waals surface area contributed by atoms with Crippen molar-refractivity contribution < 1.29 is 9.59 Å². The molecule has 0 aliphatic heterocycles. The van der Waals surface area contributed by atoms with Gasteiger partial charge in [0.15, 0.2) is 0 Å². The fraction of sp³-hybridized carbons (Fsp3) is 0.217. The molecule has 4 N–H and O–H groups in total. The summed E-state index contributed by atoms with van der Waals surface area (Å²) in [7, 11) is 0. The quantitative estimate of drug-likeness (QED) is 0.505. The second-order valence-electron chi connectivity index (χ2n) is 8.10.